The summed E-state index contributed by atoms with van der Waals surface area (Å²) in [7, 11) is 3.17. The van der Waals surface area contributed by atoms with Gasteiger partial charge in [-0.2, -0.15) is 5.10 Å². The fourth-order valence-electron chi connectivity index (χ4n) is 4.05. The Morgan fingerprint density at radius 3 is 2.37 bits per heavy atom. The number of likely N-dealkylation sites (N-methyl/N-ethyl adjacent to an activating group) is 2. The van der Waals surface area contributed by atoms with Gasteiger partial charge in [0.05, 0.1) is 12.2 Å². The molecule has 2 aliphatic heterocycles. The molecule has 9 nitrogen and oxygen atoms in total. The predicted octanol–water partition coefficient (Wildman–Crippen LogP) is 0.956. The zero-order chi connectivity index (χ0) is 19.9. The molecule has 0 bridgehead atoms. The minimum atomic E-state index is -0.808. The number of amides is 5. The van der Waals surface area contributed by atoms with Crippen LogP contribution in [0.4, 0.5) is 9.59 Å². The first-order valence-electron chi connectivity index (χ1n) is 9.28. The minimum Gasteiger partial charge on any atom is -0.334 e. The van der Waals surface area contributed by atoms with E-state index in [-0.39, 0.29) is 24.0 Å². The lowest BCUT2D eigenvalue weighted by Gasteiger charge is -2.40. The fraction of sp³-hybridized carbons (Fsp3) is 0.667. The van der Waals surface area contributed by atoms with Crippen molar-refractivity contribution in [2.75, 3.05) is 27.2 Å². The molecule has 0 aromatic carbocycles. The average Bonchev–Trinajstić information content (AvgIpc) is 3.01. The highest BCUT2D eigenvalue weighted by molar-refractivity contribution is 6.06. The topological polar surface area (TPSA) is 90.8 Å². The Bertz CT molecular complexity index is 765. The van der Waals surface area contributed by atoms with Crippen LogP contribution in [0.2, 0.25) is 0 Å². The second kappa shape index (κ2) is 6.86. The molecule has 1 N–H and O–H groups in total. The van der Waals surface area contributed by atoms with Crippen LogP contribution in [-0.4, -0.2) is 81.2 Å². The van der Waals surface area contributed by atoms with Crippen molar-refractivity contribution in [2.24, 2.45) is 0 Å². The monoisotopic (exact) mass is 376 g/mol. The van der Waals surface area contributed by atoms with Crippen molar-refractivity contribution in [3.05, 3.63) is 17.5 Å². The summed E-state index contributed by atoms with van der Waals surface area (Å²) in [5, 5.41) is 7.42. The first kappa shape index (κ1) is 19.2. The Morgan fingerprint density at radius 2 is 1.89 bits per heavy atom. The molecule has 3 rings (SSSR count). The van der Waals surface area contributed by atoms with E-state index in [0.717, 1.165) is 11.4 Å². The first-order chi connectivity index (χ1) is 12.7. The summed E-state index contributed by atoms with van der Waals surface area (Å²) in [6, 6.07) is 1.50. The van der Waals surface area contributed by atoms with E-state index in [9.17, 15) is 14.4 Å². The van der Waals surface area contributed by atoms with E-state index in [2.05, 4.69) is 10.4 Å². The fourth-order valence-corrected chi connectivity index (χ4v) is 4.05. The molecule has 0 aliphatic carbocycles. The third-order valence-electron chi connectivity index (χ3n) is 5.72. The third-order valence-corrected chi connectivity index (χ3v) is 5.72. The van der Waals surface area contributed by atoms with Crippen molar-refractivity contribution < 1.29 is 14.4 Å². The van der Waals surface area contributed by atoms with Crippen LogP contribution in [0.3, 0.4) is 0 Å². The van der Waals surface area contributed by atoms with E-state index in [1.165, 1.54) is 16.8 Å². The van der Waals surface area contributed by atoms with E-state index in [1.54, 1.807) is 11.9 Å². The Hall–Kier alpha value is -2.58. The molecule has 2 saturated heterocycles. The second-order valence-corrected chi connectivity index (χ2v) is 7.68. The van der Waals surface area contributed by atoms with E-state index in [0.29, 0.717) is 32.5 Å². The van der Waals surface area contributed by atoms with Gasteiger partial charge in [-0.1, -0.05) is 0 Å². The Labute approximate surface area is 159 Å². The molecule has 1 aromatic heterocycles. The predicted molar refractivity (Wildman–Crippen MR) is 99.2 cm³/mol. The maximum Gasteiger partial charge on any atom is 0.327 e. The van der Waals surface area contributed by atoms with Gasteiger partial charge >= 0.3 is 12.1 Å². The number of likely N-dealkylation sites (tertiary alicyclic amines) is 1. The summed E-state index contributed by atoms with van der Waals surface area (Å²) in [5.74, 6) is -0.173. The molecule has 0 saturated carbocycles. The zero-order valence-electron chi connectivity index (χ0n) is 16.7. The lowest BCUT2D eigenvalue weighted by atomic mass is 9.86. The van der Waals surface area contributed by atoms with Gasteiger partial charge in [0, 0.05) is 38.9 Å². The number of rotatable bonds is 3. The average molecular weight is 376 g/mol. The minimum absolute atomic E-state index is 0.0742. The second-order valence-electron chi connectivity index (χ2n) is 7.68. The third kappa shape index (κ3) is 3.26. The van der Waals surface area contributed by atoms with E-state index in [4.69, 9.17) is 0 Å². The largest absolute Gasteiger partial charge is 0.334 e. The highest BCUT2D eigenvalue weighted by atomic mass is 16.2. The number of carbonyl (C=O) groups excluding carboxylic acids is 3. The van der Waals surface area contributed by atoms with E-state index in [1.807, 2.05) is 31.5 Å². The summed E-state index contributed by atoms with van der Waals surface area (Å²) < 4.78 is 1.89. The molecule has 1 spiro atoms. The smallest absolute Gasteiger partial charge is 0.327 e. The molecule has 9 heteroatoms. The number of nitrogens with zero attached hydrogens (tertiary/aromatic N) is 5. The highest BCUT2D eigenvalue weighted by Crippen LogP contribution is 2.35. The summed E-state index contributed by atoms with van der Waals surface area (Å²) in [5.41, 5.74) is 1.21. The van der Waals surface area contributed by atoms with Gasteiger partial charge in [0.2, 0.25) is 0 Å². The van der Waals surface area contributed by atoms with Gasteiger partial charge in [-0.25, -0.2) is 9.59 Å². The summed E-state index contributed by atoms with van der Waals surface area (Å²) in [4.78, 5) is 41.6. The van der Waals surface area contributed by atoms with Gasteiger partial charge in [0.25, 0.3) is 5.91 Å². The Balaban J connectivity index is 1.56. The normalized spacial score (nSPS) is 20.6. The van der Waals surface area contributed by atoms with Crippen molar-refractivity contribution in [1.29, 1.82) is 0 Å². The van der Waals surface area contributed by atoms with Crippen LogP contribution < -0.4 is 5.32 Å². The number of aromatic nitrogens is 2. The molecule has 0 radical (unpaired) electrons. The van der Waals surface area contributed by atoms with E-state index >= 15 is 0 Å². The maximum absolute atomic E-state index is 12.6. The molecule has 2 aliphatic rings. The van der Waals surface area contributed by atoms with Gasteiger partial charge in [0.1, 0.15) is 5.54 Å². The van der Waals surface area contributed by atoms with Crippen molar-refractivity contribution in [3.8, 4) is 0 Å². The highest BCUT2D eigenvalue weighted by Gasteiger charge is 2.55. The van der Waals surface area contributed by atoms with Gasteiger partial charge < -0.3 is 15.1 Å². The van der Waals surface area contributed by atoms with Crippen LogP contribution >= 0.6 is 0 Å². The number of urea groups is 2. The number of hydrogen-bond donors (Lipinski definition) is 1. The number of nitrogens with one attached hydrogen (secondary N) is 1. The zero-order valence-corrected chi connectivity index (χ0v) is 16.7. The standard InChI is InChI=1S/C18H28N6O3/c1-12-10-14(3)24(20-12)11-13(2)19-16(26)23-8-6-18(7-9-23)15(25)21(4)17(27)22(18)5/h10,13H,6-9,11H2,1-5H3,(H,19,26)/t13-/m1/s1. The van der Waals surface area contributed by atoms with Crippen LogP contribution in [0.15, 0.2) is 6.07 Å². The maximum atomic E-state index is 12.6. The lowest BCUT2D eigenvalue weighted by Crippen LogP contribution is -2.58. The van der Waals surface area contributed by atoms with Gasteiger partial charge in [0.15, 0.2) is 0 Å². The molecule has 148 valence electrons. The summed E-state index contributed by atoms with van der Waals surface area (Å²) >= 11 is 0. The van der Waals surface area contributed by atoms with Crippen LogP contribution in [0, 0.1) is 13.8 Å². The molecule has 2 fully saturated rings. The van der Waals surface area contributed by atoms with E-state index < -0.39 is 5.54 Å². The molecule has 1 atom stereocenters. The molecular formula is C18H28N6O3. The Morgan fingerprint density at radius 1 is 1.26 bits per heavy atom. The Kier molecular flexibility index (Phi) is 4.88. The molecule has 3 heterocycles. The number of imide groups is 1. The summed E-state index contributed by atoms with van der Waals surface area (Å²) in [6.07, 6.45) is 0.912. The van der Waals surface area contributed by atoms with Crippen LogP contribution in [0.25, 0.3) is 0 Å². The van der Waals surface area contributed by atoms with Gasteiger partial charge in [-0.05, 0) is 39.7 Å². The van der Waals surface area contributed by atoms with Crippen molar-refractivity contribution in [1.82, 2.24) is 29.8 Å². The molecular weight excluding hydrogens is 348 g/mol. The number of aryl methyl sites for hydroxylation is 2. The first-order valence-corrected chi connectivity index (χ1v) is 9.28. The number of hydrogen-bond acceptors (Lipinski definition) is 4. The van der Waals surface area contributed by atoms with Crippen LogP contribution in [0.5, 0.6) is 0 Å². The molecule has 1 aromatic rings. The lowest BCUT2D eigenvalue weighted by molar-refractivity contribution is -0.134. The molecule has 0 unspecified atom stereocenters. The van der Waals surface area contributed by atoms with Crippen LogP contribution in [-0.2, 0) is 11.3 Å². The SMILES string of the molecule is Cc1cc(C)n(C[C@@H](C)NC(=O)N2CCC3(CC2)C(=O)N(C)C(=O)N3C)n1. The van der Waals surface area contributed by atoms with Crippen molar-refractivity contribution in [3.63, 3.8) is 0 Å². The molecule has 27 heavy (non-hydrogen) atoms. The summed E-state index contributed by atoms with van der Waals surface area (Å²) in [6.45, 7) is 7.36. The van der Waals surface area contributed by atoms with Crippen molar-refractivity contribution >= 4 is 18.0 Å². The van der Waals surface area contributed by atoms with Gasteiger partial charge in [-0.15, -0.1) is 0 Å². The number of carbonyl (C=O) groups is 3. The van der Waals surface area contributed by atoms with Crippen LogP contribution in [0.1, 0.15) is 31.2 Å². The quantitative estimate of drug-likeness (QED) is 0.796. The van der Waals surface area contributed by atoms with Crippen molar-refractivity contribution in [2.45, 2.75) is 51.7 Å². The number of piperidine rings is 1. The molecule has 5 amide bonds. The van der Waals surface area contributed by atoms with Gasteiger partial charge in [-0.3, -0.25) is 14.4 Å².